The van der Waals surface area contributed by atoms with Crippen molar-refractivity contribution in [2.24, 2.45) is 0 Å². The van der Waals surface area contributed by atoms with Gasteiger partial charge in [-0.05, 0) is 42.8 Å². The zero-order valence-corrected chi connectivity index (χ0v) is 14.6. The highest BCUT2D eigenvalue weighted by Crippen LogP contribution is 2.28. The van der Waals surface area contributed by atoms with Crippen LogP contribution in [0.3, 0.4) is 0 Å². The number of para-hydroxylation sites is 1. The van der Waals surface area contributed by atoms with Crippen LogP contribution in [0.1, 0.15) is 12.5 Å². The minimum Gasteiger partial charge on any atom is -0.497 e. The first kappa shape index (κ1) is 16.7. The summed E-state index contributed by atoms with van der Waals surface area (Å²) in [6, 6.07) is 15.7. The first-order chi connectivity index (χ1) is 11.7. The molecule has 3 rings (SSSR count). The molecule has 0 spiro atoms. The molecule has 1 heterocycles. The normalized spacial score (nSPS) is 16.8. The minimum atomic E-state index is -0.165. The molecule has 2 aromatic carbocycles. The van der Waals surface area contributed by atoms with Gasteiger partial charge in [0.1, 0.15) is 17.6 Å². The van der Waals surface area contributed by atoms with E-state index in [1.165, 1.54) is 17.3 Å². The van der Waals surface area contributed by atoms with Crippen molar-refractivity contribution >= 4 is 17.7 Å². The Morgan fingerprint density at radius 2 is 2.04 bits per heavy atom. The van der Waals surface area contributed by atoms with E-state index in [-0.39, 0.29) is 17.3 Å². The third-order valence-electron chi connectivity index (χ3n) is 3.96. The second-order valence-electron chi connectivity index (χ2n) is 5.73. The number of thioether (sulfide) groups is 1. The zero-order chi connectivity index (χ0) is 16.9. The molecule has 0 aromatic heterocycles. The lowest BCUT2D eigenvalue weighted by molar-refractivity contribution is -0.120. The van der Waals surface area contributed by atoms with Crippen LogP contribution in [0.5, 0.6) is 11.5 Å². The van der Waals surface area contributed by atoms with Gasteiger partial charge in [-0.2, -0.15) is 0 Å². The number of ether oxygens (including phenoxy) is 2. The number of carbonyl (C=O) groups is 1. The molecule has 1 aliphatic heterocycles. The monoisotopic (exact) mass is 343 g/mol. The largest absolute Gasteiger partial charge is 0.497 e. The Morgan fingerprint density at radius 3 is 2.75 bits per heavy atom. The molecule has 2 aromatic rings. The van der Waals surface area contributed by atoms with Crippen LogP contribution in [-0.2, 0) is 11.2 Å². The van der Waals surface area contributed by atoms with E-state index in [1.54, 1.807) is 7.11 Å². The molecule has 1 N–H and O–H groups in total. The van der Waals surface area contributed by atoms with Crippen molar-refractivity contribution in [3.8, 4) is 11.5 Å². The molecule has 0 fully saturated rings. The summed E-state index contributed by atoms with van der Waals surface area (Å²) in [4.78, 5) is 13.3. The van der Waals surface area contributed by atoms with Crippen LogP contribution in [0.2, 0.25) is 0 Å². The molecule has 1 amide bonds. The number of rotatable bonds is 6. The Kier molecular flexibility index (Phi) is 5.30. The van der Waals surface area contributed by atoms with Gasteiger partial charge >= 0.3 is 0 Å². The van der Waals surface area contributed by atoms with Crippen molar-refractivity contribution in [2.45, 2.75) is 29.6 Å². The number of carbonyl (C=O) groups excluding carboxylic acids is 1. The number of fused-ring (bicyclic) bond motifs is 1. The molecule has 126 valence electrons. The molecular formula is C19H21NO3S. The summed E-state index contributed by atoms with van der Waals surface area (Å²) in [6.45, 7) is 2.44. The van der Waals surface area contributed by atoms with Gasteiger partial charge in [-0.3, -0.25) is 4.79 Å². The van der Waals surface area contributed by atoms with Gasteiger partial charge in [0.2, 0.25) is 5.91 Å². The summed E-state index contributed by atoms with van der Waals surface area (Å²) in [6.07, 6.45) is 0.862. The first-order valence-electron chi connectivity index (χ1n) is 7.98. The van der Waals surface area contributed by atoms with Crippen LogP contribution >= 0.6 is 11.8 Å². The number of hydrogen-bond donors (Lipinski definition) is 1. The smallest absolute Gasteiger partial charge is 0.233 e. The minimum absolute atomic E-state index is 0.0181. The van der Waals surface area contributed by atoms with Crippen molar-refractivity contribution in [1.82, 2.24) is 5.32 Å². The molecule has 0 saturated carbocycles. The Morgan fingerprint density at radius 1 is 1.29 bits per heavy atom. The highest BCUT2D eigenvalue weighted by atomic mass is 32.2. The summed E-state index contributed by atoms with van der Waals surface area (Å²) in [5.41, 5.74) is 1.21. The lowest BCUT2D eigenvalue weighted by Gasteiger charge is -2.15. The summed E-state index contributed by atoms with van der Waals surface area (Å²) in [7, 11) is 1.64. The van der Waals surface area contributed by atoms with E-state index >= 15 is 0 Å². The third kappa shape index (κ3) is 4.03. The predicted octanol–water partition coefficient (Wildman–Crippen LogP) is 3.30. The fourth-order valence-corrected chi connectivity index (χ4v) is 3.53. The average molecular weight is 343 g/mol. The van der Waals surface area contributed by atoms with Crippen LogP contribution in [0.15, 0.2) is 53.4 Å². The Labute approximate surface area is 146 Å². The van der Waals surface area contributed by atoms with Crippen molar-refractivity contribution in [3.63, 3.8) is 0 Å². The highest BCUT2D eigenvalue weighted by molar-refractivity contribution is 8.00. The maximum atomic E-state index is 12.3. The number of benzene rings is 2. The number of methoxy groups -OCH3 is 1. The van der Waals surface area contributed by atoms with E-state index in [1.807, 2.05) is 49.4 Å². The van der Waals surface area contributed by atoms with E-state index in [4.69, 9.17) is 9.47 Å². The molecule has 0 saturated heterocycles. The number of nitrogens with one attached hydrogen (secondary N) is 1. The Balaban J connectivity index is 1.46. The van der Waals surface area contributed by atoms with Gasteiger partial charge in [0.05, 0.1) is 18.9 Å². The van der Waals surface area contributed by atoms with E-state index in [0.717, 1.165) is 22.8 Å². The lowest BCUT2D eigenvalue weighted by Crippen LogP contribution is -2.38. The van der Waals surface area contributed by atoms with Gasteiger partial charge in [-0.15, -0.1) is 11.8 Å². The van der Waals surface area contributed by atoms with Crippen LogP contribution in [0, 0.1) is 0 Å². The van der Waals surface area contributed by atoms with E-state index < -0.39 is 0 Å². The maximum Gasteiger partial charge on any atom is 0.233 e. The fraction of sp³-hybridized carbons (Fsp3) is 0.316. The van der Waals surface area contributed by atoms with Crippen LogP contribution < -0.4 is 14.8 Å². The van der Waals surface area contributed by atoms with Crippen molar-refractivity contribution in [2.75, 3.05) is 13.7 Å². The summed E-state index contributed by atoms with van der Waals surface area (Å²) >= 11 is 1.53. The summed E-state index contributed by atoms with van der Waals surface area (Å²) in [5.74, 6) is 1.77. The van der Waals surface area contributed by atoms with Crippen molar-refractivity contribution < 1.29 is 14.3 Å². The van der Waals surface area contributed by atoms with Crippen LogP contribution in [0.4, 0.5) is 0 Å². The van der Waals surface area contributed by atoms with Gasteiger partial charge in [0.25, 0.3) is 0 Å². The number of amides is 1. The molecule has 1 aliphatic rings. The number of hydrogen-bond acceptors (Lipinski definition) is 4. The molecule has 0 bridgehead atoms. The van der Waals surface area contributed by atoms with Crippen LogP contribution in [-0.4, -0.2) is 30.9 Å². The Bertz CT molecular complexity index is 677. The van der Waals surface area contributed by atoms with Gasteiger partial charge in [0, 0.05) is 11.3 Å². The quantitative estimate of drug-likeness (QED) is 0.818. The SMILES string of the molecule is COc1ccc(S[C@@H](C)C(=O)NC[C@@H]2Cc3ccccc3O2)cc1. The zero-order valence-electron chi connectivity index (χ0n) is 13.8. The molecular weight excluding hydrogens is 322 g/mol. The van der Waals surface area contributed by atoms with Crippen molar-refractivity contribution in [3.05, 3.63) is 54.1 Å². The molecule has 2 atom stereocenters. The highest BCUT2D eigenvalue weighted by Gasteiger charge is 2.23. The lowest BCUT2D eigenvalue weighted by atomic mass is 10.1. The van der Waals surface area contributed by atoms with Crippen LogP contribution in [0.25, 0.3) is 0 Å². The maximum absolute atomic E-state index is 12.3. The molecule has 0 radical (unpaired) electrons. The topological polar surface area (TPSA) is 47.6 Å². The molecule has 4 nitrogen and oxygen atoms in total. The van der Waals surface area contributed by atoms with E-state index in [2.05, 4.69) is 11.4 Å². The summed E-state index contributed by atoms with van der Waals surface area (Å²) < 4.78 is 11.0. The standard InChI is InChI=1S/C19H21NO3S/c1-13(24-17-9-7-15(22-2)8-10-17)19(21)20-12-16-11-14-5-3-4-6-18(14)23-16/h3-10,13,16H,11-12H2,1-2H3,(H,20,21)/t13-,16-/m0/s1. The van der Waals surface area contributed by atoms with Gasteiger partial charge in [-0.1, -0.05) is 18.2 Å². The second-order valence-corrected chi connectivity index (χ2v) is 7.15. The van der Waals surface area contributed by atoms with Crippen molar-refractivity contribution in [1.29, 1.82) is 0 Å². The average Bonchev–Trinajstić information content (AvgIpc) is 3.03. The van der Waals surface area contributed by atoms with E-state index in [0.29, 0.717) is 6.54 Å². The molecule has 0 unspecified atom stereocenters. The van der Waals surface area contributed by atoms with Gasteiger partial charge < -0.3 is 14.8 Å². The molecule has 5 heteroatoms. The fourth-order valence-electron chi connectivity index (χ4n) is 2.64. The Hall–Kier alpha value is -2.14. The van der Waals surface area contributed by atoms with Gasteiger partial charge in [0.15, 0.2) is 0 Å². The third-order valence-corrected chi connectivity index (χ3v) is 5.07. The molecule has 24 heavy (non-hydrogen) atoms. The predicted molar refractivity (Wildman–Crippen MR) is 95.9 cm³/mol. The first-order valence-corrected chi connectivity index (χ1v) is 8.86. The molecule has 0 aliphatic carbocycles. The second kappa shape index (κ2) is 7.62. The van der Waals surface area contributed by atoms with E-state index in [9.17, 15) is 4.79 Å². The van der Waals surface area contributed by atoms with Gasteiger partial charge in [-0.25, -0.2) is 0 Å². The summed E-state index contributed by atoms with van der Waals surface area (Å²) in [5, 5.41) is 2.83.